The number of rotatable bonds is 3. The van der Waals surface area contributed by atoms with Gasteiger partial charge in [0.1, 0.15) is 17.5 Å². The molecule has 0 radical (unpaired) electrons. The first-order valence-corrected chi connectivity index (χ1v) is 7.16. The van der Waals surface area contributed by atoms with Crippen molar-refractivity contribution in [3.8, 4) is 17.3 Å². The second-order valence-electron chi connectivity index (χ2n) is 5.26. The van der Waals surface area contributed by atoms with Gasteiger partial charge in [0.2, 0.25) is 0 Å². The van der Waals surface area contributed by atoms with E-state index in [1.807, 2.05) is 29.2 Å². The number of hydrogen-bond donors (Lipinski definition) is 0. The van der Waals surface area contributed by atoms with Crippen molar-refractivity contribution in [3.05, 3.63) is 47.9 Å². The third-order valence-corrected chi connectivity index (χ3v) is 3.92. The van der Waals surface area contributed by atoms with Gasteiger partial charge in [-0.25, -0.2) is 9.37 Å². The number of hydrogen-bond acceptors (Lipinski definition) is 4. The largest absolute Gasteiger partial charge is 0.380 e. The summed E-state index contributed by atoms with van der Waals surface area (Å²) in [7, 11) is 1.66. The van der Waals surface area contributed by atoms with Crippen LogP contribution in [-0.2, 0) is 4.74 Å². The minimum atomic E-state index is -0.387. The normalized spacial score (nSPS) is 17.5. The minimum Gasteiger partial charge on any atom is -0.380 e. The second kappa shape index (κ2) is 6.12. The highest BCUT2D eigenvalue weighted by Gasteiger charge is 2.26. The lowest BCUT2D eigenvalue weighted by Crippen LogP contribution is -2.23. The van der Waals surface area contributed by atoms with Gasteiger partial charge in [0.25, 0.3) is 0 Å². The summed E-state index contributed by atoms with van der Waals surface area (Å²) in [5.41, 5.74) is 1.53. The molecule has 1 aromatic carbocycles. The molecule has 5 heteroatoms. The zero-order valence-corrected chi connectivity index (χ0v) is 12.3. The summed E-state index contributed by atoms with van der Waals surface area (Å²) in [6.45, 7) is 1.33. The topological polar surface area (TPSA) is 49.1 Å². The number of pyridine rings is 1. The van der Waals surface area contributed by atoms with Gasteiger partial charge >= 0.3 is 0 Å². The molecule has 0 aliphatic carbocycles. The number of methoxy groups -OCH3 is 1. The average Bonchev–Trinajstić information content (AvgIpc) is 3.05. The summed E-state index contributed by atoms with van der Waals surface area (Å²) in [4.78, 5) is 6.05. The van der Waals surface area contributed by atoms with Crippen LogP contribution in [0.5, 0.6) is 0 Å². The molecule has 1 unspecified atom stereocenters. The number of benzene rings is 1. The second-order valence-corrected chi connectivity index (χ2v) is 5.26. The van der Waals surface area contributed by atoms with Crippen LogP contribution < -0.4 is 4.90 Å². The van der Waals surface area contributed by atoms with Gasteiger partial charge in [-0.05, 0) is 6.42 Å². The standard InChI is InChI=1S/C17H16FN3O/c1-22-14-7-8-21(11-14)15-9-13(10-19)20-17(16(15)18)12-5-3-2-4-6-12/h2-6,9,14H,7-8,11H2,1H3. The van der Waals surface area contributed by atoms with E-state index in [9.17, 15) is 9.65 Å². The van der Waals surface area contributed by atoms with Crippen molar-refractivity contribution in [1.29, 1.82) is 5.26 Å². The van der Waals surface area contributed by atoms with Crippen LogP contribution >= 0.6 is 0 Å². The summed E-state index contributed by atoms with van der Waals surface area (Å²) < 4.78 is 20.2. The van der Waals surface area contributed by atoms with Crippen molar-refractivity contribution < 1.29 is 9.13 Å². The summed E-state index contributed by atoms with van der Waals surface area (Å²) >= 11 is 0. The molecule has 3 rings (SSSR count). The number of nitriles is 1. The zero-order chi connectivity index (χ0) is 15.5. The summed E-state index contributed by atoms with van der Waals surface area (Å²) in [5, 5.41) is 9.19. The molecule has 0 bridgehead atoms. The van der Waals surface area contributed by atoms with E-state index in [-0.39, 0.29) is 23.3 Å². The third kappa shape index (κ3) is 2.66. The molecule has 1 aliphatic heterocycles. The molecule has 0 amide bonds. The first-order valence-electron chi connectivity index (χ1n) is 7.16. The molecule has 112 valence electrons. The first kappa shape index (κ1) is 14.5. The summed E-state index contributed by atoms with van der Waals surface area (Å²) in [6.07, 6.45) is 0.944. The maximum atomic E-state index is 14.9. The number of nitrogens with zero attached hydrogens (tertiary/aromatic N) is 3. The van der Waals surface area contributed by atoms with Gasteiger partial charge in [-0.1, -0.05) is 30.3 Å². The van der Waals surface area contributed by atoms with Crippen LogP contribution in [0.2, 0.25) is 0 Å². The Kier molecular flexibility index (Phi) is 4.03. The van der Waals surface area contributed by atoms with Gasteiger partial charge in [0.05, 0.1) is 11.8 Å². The van der Waals surface area contributed by atoms with Crippen molar-refractivity contribution in [2.24, 2.45) is 0 Å². The van der Waals surface area contributed by atoms with Gasteiger partial charge < -0.3 is 9.64 Å². The lowest BCUT2D eigenvalue weighted by Gasteiger charge is -2.20. The van der Waals surface area contributed by atoms with Crippen LogP contribution in [0, 0.1) is 17.1 Å². The number of halogens is 1. The molecule has 1 aliphatic rings. The van der Waals surface area contributed by atoms with Crippen molar-refractivity contribution in [3.63, 3.8) is 0 Å². The molecule has 4 nitrogen and oxygen atoms in total. The van der Waals surface area contributed by atoms with E-state index >= 15 is 0 Å². The van der Waals surface area contributed by atoms with E-state index in [4.69, 9.17) is 4.74 Å². The average molecular weight is 297 g/mol. The molecule has 2 heterocycles. The lowest BCUT2D eigenvalue weighted by atomic mass is 10.1. The van der Waals surface area contributed by atoms with Crippen molar-refractivity contribution in [2.75, 3.05) is 25.1 Å². The maximum absolute atomic E-state index is 14.9. The van der Waals surface area contributed by atoms with Crippen LogP contribution in [0.3, 0.4) is 0 Å². The predicted molar refractivity (Wildman–Crippen MR) is 82.0 cm³/mol. The van der Waals surface area contributed by atoms with E-state index in [0.717, 1.165) is 6.42 Å². The SMILES string of the molecule is COC1CCN(c2cc(C#N)nc(-c3ccccc3)c2F)C1. The highest BCUT2D eigenvalue weighted by atomic mass is 19.1. The zero-order valence-electron chi connectivity index (χ0n) is 12.3. The smallest absolute Gasteiger partial charge is 0.172 e. The maximum Gasteiger partial charge on any atom is 0.172 e. The van der Waals surface area contributed by atoms with E-state index in [0.29, 0.717) is 24.3 Å². The number of ether oxygens (including phenoxy) is 1. The summed E-state index contributed by atoms with van der Waals surface area (Å²) in [5.74, 6) is -0.387. The molecule has 22 heavy (non-hydrogen) atoms. The number of anilines is 1. The molecule has 2 aromatic rings. The van der Waals surface area contributed by atoms with Gasteiger partial charge in [-0.15, -0.1) is 0 Å². The lowest BCUT2D eigenvalue weighted by molar-refractivity contribution is 0.121. The molecule has 0 saturated carbocycles. The van der Waals surface area contributed by atoms with Gasteiger partial charge in [0, 0.05) is 31.8 Å². The van der Waals surface area contributed by atoms with Crippen molar-refractivity contribution in [1.82, 2.24) is 4.98 Å². The van der Waals surface area contributed by atoms with Crippen molar-refractivity contribution >= 4 is 5.69 Å². The molecule has 1 atom stereocenters. The number of aromatic nitrogens is 1. The van der Waals surface area contributed by atoms with Crippen LogP contribution in [0.1, 0.15) is 12.1 Å². The summed E-state index contributed by atoms with van der Waals surface area (Å²) in [6, 6.07) is 12.6. The fourth-order valence-electron chi connectivity index (χ4n) is 2.73. The first-order chi connectivity index (χ1) is 10.7. The Bertz CT molecular complexity index is 712. The van der Waals surface area contributed by atoms with Gasteiger partial charge in [-0.2, -0.15) is 5.26 Å². The van der Waals surface area contributed by atoms with Crippen LogP contribution in [0.25, 0.3) is 11.3 Å². The Morgan fingerprint density at radius 1 is 1.36 bits per heavy atom. The predicted octanol–water partition coefficient (Wildman–Crippen LogP) is 2.98. The van der Waals surface area contributed by atoms with E-state index in [2.05, 4.69) is 4.98 Å². The van der Waals surface area contributed by atoms with E-state index < -0.39 is 0 Å². The highest BCUT2D eigenvalue weighted by Crippen LogP contribution is 2.31. The monoisotopic (exact) mass is 297 g/mol. The van der Waals surface area contributed by atoms with Crippen LogP contribution in [-0.4, -0.2) is 31.3 Å². The van der Waals surface area contributed by atoms with Crippen molar-refractivity contribution in [2.45, 2.75) is 12.5 Å². The molecular formula is C17H16FN3O. The van der Waals surface area contributed by atoms with Crippen LogP contribution in [0.4, 0.5) is 10.1 Å². The Balaban J connectivity index is 2.06. The molecule has 0 spiro atoms. The van der Waals surface area contributed by atoms with Gasteiger partial charge in [-0.3, -0.25) is 0 Å². The molecule has 1 aromatic heterocycles. The fourth-order valence-corrected chi connectivity index (χ4v) is 2.73. The van der Waals surface area contributed by atoms with E-state index in [1.54, 1.807) is 19.2 Å². The Morgan fingerprint density at radius 3 is 2.77 bits per heavy atom. The van der Waals surface area contributed by atoms with Crippen LogP contribution in [0.15, 0.2) is 36.4 Å². The Morgan fingerprint density at radius 2 is 2.14 bits per heavy atom. The molecule has 1 fully saturated rings. The molecule has 0 N–H and O–H groups in total. The third-order valence-electron chi connectivity index (χ3n) is 3.92. The van der Waals surface area contributed by atoms with Gasteiger partial charge in [0.15, 0.2) is 5.82 Å². The molecule has 1 saturated heterocycles. The fraction of sp³-hybridized carbons (Fsp3) is 0.294. The quantitative estimate of drug-likeness (QED) is 0.874. The molecular weight excluding hydrogens is 281 g/mol. The Hall–Kier alpha value is -2.45. The highest BCUT2D eigenvalue weighted by molar-refractivity contribution is 5.67. The minimum absolute atomic E-state index is 0.0956. The van der Waals surface area contributed by atoms with E-state index in [1.165, 1.54) is 6.07 Å². The Labute approximate surface area is 128 Å².